The minimum atomic E-state index is -0.0791. The number of amides is 1. The second kappa shape index (κ2) is 9.66. The average Bonchev–Trinajstić information content (AvgIpc) is 3.18. The monoisotopic (exact) mass is 432 g/mol. The molecule has 0 aliphatic rings. The number of hydrogen-bond donors (Lipinski definition) is 1. The summed E-state index contributed by atoms with van der Waals surface area (Å²) in [5, 5.41) is 14.4. The normalized spacial score (nSPS) is 10.9. The molecule has 1 N–H and O–H groups in total. The van der Waals surface area contributed by atoms with Crippen LogP contribution in [-0.4, -0.2) is 26.4 Å². The van der Waals surface area contributed by atoms with Crippen molar-refractivity contribution in [2.24, 2.45) is 0 Å². The standard InChI is InChI=1S/C24H24N4O2S/c1-3-28-22(15-30-19-11-6-8-17(2)14-19)26-27-24(28)31-16-23(29)25-21-13-7-10-18-9-4-5-12-20(18)21/h4-14H,3,15-16H2,1-2H3,(H,25,29). The molecule has 0 bridgehead atoms. The lowest BCUT2D eigenvalue weighted by molar-refractivity contribution is -0.113. The van der Waals surface area contributed by atoms with Crippen molar-refractivity contribution in [2.75, 3.05) is 11.1 Å². The van der Waals surface area contributed by atoms with Crippen molar-refractivity contribution in [2.45, 2.75) is 32.2 Å². The Hall–Kier alpha value is -3.32. The predicted molar refractivity (Wildman–Crippen MR) is 125 cm³/mol. The number of thioether (sulfide) groups is 1. The summed E-state index contributed by atoms with van der Waals surface area (Å²) in [4.78, 5) is 12.6. The fraction of sp³-hybridized carbons (Fsp3) is 0.208. The summed E-state index contributed by atoms with van der Waals surface area (Å²) in [5.74, 6) is 1.71. The molecule has 6 nitrogen and oxygen atoms in total. The molecular weight excluding hydrogens is 408 g/mol. The van der Waals surface area contributed by atoms with Crippen LogP contribution in [0.3, 0.4) is 0 Å². The largest absolute Gasteiger partial charge is 0.486 e. The Bertz CT molecular complexity index is 1200. The van der Waals surface area contributed by atoms with Gasteiger partial charge in [-0.25, -0.2) is 0 Å². The van der Waals surface area contributed by atoms with E-state index in [4.69, 9.17) is 4.74 Å². The zero-order valence-electron chi connectivity index (χ0n) is 17.5. The average molecular weight is 433 g/mol. The Balaban J connectivity index is 1.38. The van der Waals surface area contributed by atoms with E-state index in [1.807, 2.05) is 85.1 Å². The first kappa shape index (κ1) is 20.9. The highest BCUT2D eigenvalue weighted by Crippen LogP contribution is 2.24. The van der Waals surface area contributed by atoms with Gasteiger partial charge in [0.1, 0.15) is 12.4 Å². The fourth-order valence-corrected chi connectivity index (χ4v) is 4.18. The molecule has 0 aliphatic carbocycles. The summed E-state index contributed by atoms with van der Waals surface area (Å²) in [6, 6.07) is 21.8. The number of ether oxygens (including phenoxy) is 1. The second-order valence-electron chi connectivity index (χ2n) is 7.11. The SMILES string of the molecule is CCn1c(COc2cccc(C)c2)nnc1SCC(=O)Nc1cccc2ccccc12. The van der Waals surface area contributed by atoms with Gasteiger partial charge in [-0.15, -0.1) is 10.2 Å². The minimum absolute atomic E-state index is 0.0791. The minimum Gasteiger partial charge on any atom is -0.486 e. The van der Waals surface area contributed by atoms with Crippen LogP contribution in [0.4, 0.5) is 5.69 Å². The molecule has 7 heteroatoms. The zero-order chi connectivity index (χ0) is 21.6. The van der Waals surface area contributed by atoms with Crippen molar-refractivity contribution in [1.29, 1.82) is 0 Å². The molecule has 158 valence electrons. The molecule has 3 aromatic carbocycles. The quantitative estimate of drug-likeness (QED) is 0.394. The third kappa shape index (κ3) is 5.06. The summed E-state index contributed by atoms with van der Waals surface area (Å²) in [7, 11) is 0. The van der Waals surface area contributed by atoms with Crippen LogP contribution in [0.1, 0.15) is 18.3 Å². The van der Waals surface area contributed by atoms with E-state index in [9.17, 15) is 4.79 Å². The molecule has 4 rings (SSSR count). The molecule has 0 fully saturated rings. The van der Waals surface area contributed by atoms with Crippen LogP contribution >= 0.6 is 11.8 Å². The number of fused-ring (bicyclic) bond motifs is 1. The van der Waals surface area contributed by atoms with Crippen molar-refractivity contribution in [3.8, 4) is 5.75 Å². The van der Waals surface area contributed by atoms with E-state index in [0.717, 1.165) is 33.6 Å². The van der Waals surface area contributed by atoms with Crippen molar-refractivity contribution in [1.82, 2.24) is 14.8 Å². The number of hydrogen-bond acceptors (Lipinski definition) is 5. The van der Waals surface area contributed by atoms with Gasteiger partial charge in [0.05, 0.1) is 5.75 Å². The molecule has 0 unspecified atom stereocenters. The highest BCUT2D eigenvalue weighted by atomic mass is 32.2. The van der Waals surface area contributed by atoms with Gasteiger partial charge < -0.3 is 14.6 Å². The molecule has 4 aromatic rings. The van der Waals surface area contributed by atoms with E-state index >= 15 is 0 Å². The summed E-state index contributed by atoms with van der Waals surface area (Å²) < 4.78 is 7.84. The third-order valence-electron chi connectivity index (χ3n) is 4.86. The van der Waals surface area contributed by atoms with Crippen LogP contribution < -0.4 is 10.1 Å². The van der Waals surface area contributed by atoms with Gasteiger partial charge >= 0.3 is 0 Å². The van der Waals surface area contributed by atoms with Crippen molar-refractivity contribution in [3.05, 3.63) is 78.1 Å². The smallest absolute Gasteiger partial charge is 0.234 e. The number of carbonyl (C=O) groups excluding carboxylic acids is 1. The van der Waals surface area contributed by atoms with Crippen molar-refractivity contribution >= 4 is 34.1 Å². The zero-order valence-corrected chi connectivity index (χ0v) is 18.4. The first-order chi connectivity index (χ1) is 15.1. The van der Waals surface area contributed by atoms with Crippen LogP contribution in [0.15, 0.2) is 71.9 Å². The first-order valence-electron chi connectivity index (χ1n) is 10.2. The van der Waals surface area contributed by atoms with Gasteiger partial charge in [-0.05, 0) is 43.0 Å². The third-order valence-corrected chi connectivity index (χ3v) is 5.83. The molecule has 0 saturated heterocycles. The van der Waals surface area contributed by atoms with E-state index in [0.29, 0.717) is 18.3 Å². The number of carbonyl (C=O) groups is 1. The number of benzene rings is 3. The lowest BCUT2D eigenvalue weighted by Gasteiger charge is -2.10. The van der Waals surface area contributed by atoms with Gasteiger partial charge in [0, 0.05) is 17.6 Å². The number of aromatic nitrogens is 3. The van der Waals surface area contributed by atoms with Crippen molar-refractivity contribution < 1.29 is 9.53 Å². The van der Waals surface area contributed by atoms with Gasteiger partial charge in [0.15, 0.2) is 11.0 Å². The fourth-order valence-electron chi connectivity index (χ4n) is 3.35. The van der Waals surface area contributed by atoms with Gasteiger partial charge in [0.2, 0.25) is 5.91 Å². The molecular formula is C24H24N4O2S. The molecule has 0 aliphatic heterocycles. The molecule has 0 spiro atoms. The number of rotatable bonds is 8. The topological polar surface area (TPSA) is 69.0 Å². The van der Waals surface area contributed by atoms with Gasteiger partial charge in [-0.2, -0.15) is 0 Å². The van der Waals surface area contributed by atoms with E-state index in [-0.39, 0.29) is 11.7 Å². The van der Waals surface area contributed by atoms with Gasteiger partial charge in [0.25, 0.3) is 0 Å². The van der Waals surface area contributed by atoms with E-state index in [1.54, 1.807) is 0 Å². The van der Waals surface area contributed by atoms with Crippen molar-refractivity contribution in [3.63, 3.8) is 0 Å². The molecule has 0 atom stereocenters. The van der Waals surface area contributed by atoms with Gasteiger partial charge in [-0.3, -0.25) is 4.79 Å². The Kier molecular flexibility index (Phi) is 6.52. The lowest BCUT2D eigenvalue weighted by atomic mass is 10.1. The van der Waals surface area contributed by atoms with Crippen LogP contribution in [-0.2, 0) is 17.9 Å². The van der Waals surface area contributed by atoms with Crippen LogP contribution in [0.2, 0.25) is 0 Å². The molecule has 0 radical (unpaired) electrons. The Labute approximate surface area is 185 Å². The molecule has 1 amide bonds. The summed E-state index contributed by atoms with van der Waals surface area (Å²) >= 11 is 1.37. The maximum Gasteiger partial charge on any atom is 0.234 e. The Morgan fingerprint density at radius 2 is 1.87 bits per heavy atom. The summed E-state index contributed by atoms with van der Waals surface area (Å²) in [5.41, 5.74) is 1.95. The number of nitrogens with one attached hydrogen (secondary N) is 1. The second-order valence-corrected chi connectivity index (χ2v) is 8.05. The summed E-state index contributed by atoms with van der Waals surface area (Å²) in [6.45, 7) is 5.08. The molecule has 1 heterocycles. The maximum atomic E-state index is 12.6. The molecule has 0 saturated carbocycles. The number of nitrogens with zero attached hydrogens (tertiary/aromatic N) is 3. The van der Waals surface area contributed by atoms with Gasteiger partial charge in [-0.1, -0.05) is 60.3 Å². The highest BCUT2D eigenvalue weighted by molar-refractivity contribution is 7.99. The van der Waals surface area contributed by atoms with E-state index in [2.05, 4.69) is 15.5 Å². The molecule has 1 aromatic heterocycles. The number of aryl methyl sites for hydroxylation is 1. The van der Waals surface area contributed by atoms with Crippen LogP contribution in [0, 0.1) is 6.92 Å². The molecule has 31 heavy (non-hydrogen) atoms. The maximum absolute atomic E-state index is 12.6. The highest BCUT2D eigenvalue weighted by Gasteiger charge is 2.14. The number of anilines is 1. The summed E-state index contributed by atoms with van der Waals surface area (Å²) in [6.07, 6.45) is 0. The van der Waals surface area contributed by atoms with Crippen LogP contribution in [0.25, 0.3) is 10.8 Å². The first-order valence-corrected chi connectivity index (χ1v) is 11.1. The lowest BCUT2D eigenvalue weighted by Crippen LogP contribution is -2.15. The van der Waals surface area contributed by atoms with Crippen LogP contribution in [0.5, 0.6) is 5.75 Å². The van der Waals surface area contributed by atoms with E-state index < -0.39 is 0 Å². The Morgan fingerprint density at radius 3 is 2.71 bits per heavy atom. The Morgan fingerprint density at radius 1 is 1.06 bits per heavy atom. The van der Waals surface area contributed by atoms with E-state index in [1.165, 1.54) is 11.8 Å². The predicted octanol–water partition coefficient (Wildman–Crippen LogP) is 5.07.